The number of esters is 2. The topological polar surface area (TPSA) is 122 Å². The maximum Gasteiger partial charge on any atom is 0.339 e. The number of hydrogen-bond donors (Lipinski definition) is 1. The second-order valence-electron chi connectivity index (χ2n) is 14.6. The van der Waals surface area contributed by atoms with Crippen LogP contribution in [0.25, 0.3) is 11.0 Å². The Kier molecular flexibility index (Phi) is 11.1. The van der Waals surface area contributed by atoms with Crippen LogP contribution in [0.3, 0.4) is 0 Å². The molecule has 1 aliphatic carbocycles. The first kappa shape index (κ1) is 35.9. The van der Waals surface area contributed by atoms with E-state index in [9.17, 15) is 19.5 Å². The van der Waals surface area contributed by atoms with Gasteiger partial charge in [-0.25, -0.2) is 9.59 Å². The van der Waals surface area contributed by atoms with Crippen molar-refractivity contribution < 1.29 is 38.1 Å². The average Bonchev–Trinajstić information content (AvgIpc) is 3.10. The second kappa shape index (κ2) is 15.5. The van der Waals surface area contributed by atoms with Gasteiger partial charge in [0.25, 0.3) is 0 Å². The van der Waals surface area contributed by atoms with Crippen molar-refractivity contribution in [1.29, 1.82) is 0 Å². The third-order valence-corrected chi connectivity index (χ3v) is 11.0. The standard InChI is InChI=1S/C41H50O9/c1-25(2)31-19-17-27-15-13-26(14-16-27)9-8-12-34(43)47-37-35-33(50-41(3,38(37)49-39(31)44)30-10-6-5-7-11-30)20-18-28-23-32(40(45)48-36(28)35)29(21-22-42)24-46-4/h13-16,18,20,23,29-30,37-38,42H,5-12,17,19,21-22,24H2,1-4H3/t29-,37+,38+,41+/m1/s1. The van der Waals surface area contributed by atoms with Crippen molar-refractivity contribution in [2.45, 2.75) is 115 Å². The smallest absolute Gasteiger partial charge is 0.339 e. The van der Waals surface area contributed by atoms with Gasteiger partial charge in [0.1, 0.15) is 16.9 Å². The Hall–Kier alpha value is -3.95. The Bertz CT molecular complexity index is 1770. The van der Waals surface area contributed by atoms with Gasteiger partial charge in [0.05, 0.1) is 12.2 Å². The van der Waals surface area contributed by atoms with Crippen LogP contribution in [0.2, 0.25) is 0 Å². The molecule has 7 rings (SSSR count). The summed E-state index contributed by atoms with van der Waals surface area (Å²) >= 11 is 0. The molecule has 50 heavy (non-hydrogen) atoms. The van der Waals surface area contributed by atoms with E-state index in [-0.39, 0.29) is 37.1 Å². The minimum atomic E-state index is -1.09. The van der Waals surface area contributed by atoms with Gasteiger partial charge in [-0.1, -0.05) is 49.1 Å². The lowest BCUT2D eigenvalue weighted by atomic mass is 9.71. The molecule has 1 aromatic heterocycles. The maximum atomic E-state index is 14.3. The zero-order chi connectivity index (χ0) is 35.4. The van der Waals surface area contributed by atoms with Gasteiger partial charge in [-0.15, -0.1) is 0 Å². The van der Waals surface area contributed by atoms with Gasteiger partial charge in [0, 0.05) is 48.5 Å². The zero-order valence-corrected chi connectivity index (χ0v) is 29.8. The number of methoxy groups -OCH3 is 1. The maximum absolute atomic E-state index is 14.3. The van der Waals surface area contributed by atoms with Crippen LogP contribution in [-0.2, 0) is 36.6 Å². The monoisotopic (exact) mass is 686 g/mol. The molecule has 4 heterocycles. The van der Waals surface area contributed by atoms with Crippen molar-refractivity contribution in [3.63, 3.8) is 0 Å². The SMILES string of the molecule is COC[C@@H](CCO)c1cc2ccc3c(c2oc1=O)[C@@H]1OC(=O)CCCc2ccc(cc2)CCC(=C(C)C)C(=O)O[C@@H]1[C@](C)(C1CCCCC1)O3. The van der Waals surface area contributed by atoms with E-state index >= 15 is 0 Å². The molecule has 1 saturated carbocycles. The number of rotatable bonds is 6. The van der Waals surface area contributed by atoms with Gasteiger partial charge in [-0.3, -0.25) is 4.79 Å². The summed E-state index contributed by atoms with van der Waals surface area (Å²) in [6.45, 7) is 5.92. The van der Waals surface area contributed by atoms with E-state index in [0.717, 1.165) is 48.8 Å². The Balaban J connectivity index is 1.51. The molecule has 1 N–H and O–H groups in total. The molecule has 2 bridgehead atoms. The van der Waals surface area contributed by atoms with Gasteiger partial charge >= 0.3 is 17.6 Å². The van der Waals surface area contributed by atoms with Crippen molar-refractivity contribution in [1.82, 2.24) is 0 Å². The summed E-state index contributed by atoms with van der Waals surface area (Å²) in [5.41, 5.74) is 3.07. The lowest BCUT2D eigenvalue weighted by molar-refractivity contribution is -0.200. The molecule has 0 amide bonds. The highest BCUT2D eigenvalue weighted by Gasteiger charge is 2.56. The zero-order valence-electron chi connectivity index (χ0n) is 29.8. The molecule has 4 aliphatic rings. The number of carbonyl (C=O) groups is 2. The molecule has 0 saturated heterocycles. The van der Waals surface area contributed by atoms with E-state index in [0.29, 0.717) is 59.9 Å². The fraction of sp³-hybridized carbons (Fsp3) is 0.537. The van der Waals surface area contributed by atoms with E-state index in [1.807, 2.05) is 32.9 Å². The summed E-state index contributed by atoms with van der Waals surface area (Å²) in [5, 5.41) is 10.3. The van der Waals surface area contributed by atoms with Crippen LogP contribution < -0.4 is 10.4 Å². The predicted octanol–water partition coefficient (Wildman–Crippen LogP) is 7.44. The molecule has 3 aromatic rings. The summed E-state index contributed by atoms with van der Waals surface area (Å²) < 4.78 is 31.4. The Morgan fingerprint density at radius 3 is 2.32 bits per heavy atom. The number of carbonyl (C=O) groups excluding carboxylic acids is 2. The first-order chi connectivity index (χ1) is 24.1. The van der Waals surface area contributed by atoms with Gasteiger partial charge < -0.3 is 28.5 Å². The van der Waals surface area contributed by atoms with Crippen molar-refractivity contribution in [2.24, 2.45) is 5.92 Å². The van der Waals surface area contributed by atoms with Gasteiger partial charge in [-0.05, 0) is 95.0 Å². The van der Waals surface area contributed by atoms with E-state index in [1.165, 1.54) is 0 Å². The molecule has 4 atom stereocenters. The van der Waals surface area contributed by atoms with Crippen molar-refractivity contribution in [2.75, 3.05) is 20.3 Å². The molecule has 2 aromatic carbocycles. The highest BCUT2D eigenvalue weighted by atomic mass is 16.6. The summed E-state index contributed by atoms with van der Waals surface area (Å²) in [5.74, 6) is -0.809. The quantitative estimate of drug-likeness (QED) is 0.160. The molecule has 0 unspecified atom stereocenters. The van der Waals surface area contributed by atoms with Crippen LogP contribution in [0.1, 0.15) is 113 Å². The molecular formula is C41H50O9. The number of aryl methyl sites for hydroxylation is 2. The number of benzene rings is 2. The number of fused-ring (bicyclic) bond motifs is 13. The second-order valence-corrected chi connectivity index (χ2v) is 14.6. The number of hydrogen-bond acceptors (Lipinski definition) is 9. The Labute approximate surface area is 293 Å². The van der Waals surface area contributed by atoms with Crippen LogP contribution in [-0.4, -0.2) is 49.1 Å². The number of ether oxygens (including phenoxy) is 4. The number of allylic oxidation sites excluding steroid dienone is 1. The number of aliphatic hydroxyl groups excluding tert-OH is 1. The summed E-state index contributed by atoms with van der Waals surface area (Å²) in [6, 6.07) is 13.7. The lowest BCUT2D eigenvalue weighted by Gasteiger charge is -2.49. The minimum Gasteiger partial charge on any atom is -0.483 e. The third-order valence-electron chi connectivity index (χ3n) is 11.0. The first-order valence-corrected chi connectivity index (χ1v) is 18.2. The predicted molar refractivity (Wildman–Crippen MR) is 189 cm³/mol. The van der Waals surface area contributed by atoms with Crippen LogP contribution in [0.4, 0.5) is 0 Å². The van der Waals surface area contributed by atoms with Crippen LogP contribution in [0, 0.1) is 5.92 Å². The summed E-state index contributed by atoms with van der Waals surface area (Å²) in [6.07, 6.45) is 5.77. The van der Waals surface area contributed by atoms with Gasteiger partial charge in [0.15, 0.2) is 12.2 Å². The van der Waals surface area contributed by atoms with Crippen LogP contribution in [0.5, 0.6) is 5.75 Å². The molecule has 9 nitrogen and oxygen atoms in total. The minimum absolute atomic E-state index is 0.0282. The highest BCUT2D eigenvalue weighted by molar-refractivity contribution is 5.90. The Morgan fingerprint density at radius 2 is 1.64 bits per heavy atom. The van der Waals surface area contributed by atoms with E-state index in [1.54, 1.807) is 13.2 Å². The molecule has 1 fully saturated rings. The summed E-state index contributed by atoms with van der Waals surface area (Å²) in [7, 11) is 1.55. The lowest BCUT2D eigenvalue weighted by Crippen LogP contribution is -2.58. The molecule has 3 aliphatic heterocycles. The fourth-order valence-electron chi connectivity index (χ4n) is 8.09. The largest absolute Gasteiger partial charge is 0.483 e. The van der Waals surface area contributed by atoms with Gasteiger partial charge in [0.2, 0.25) is 0 Å². The van der Waals surface area contributed by atoms with Crippen LogP contribution in [0.15, 0.2) is 62.8 Å². The highest BCUT2D eigenvalue weighted by Crippen LogP contribution is 2.51. The van der Waals surface area contributed by atoms with E-state index < -0.39 is 35.4 Å². The van der Waals surface area contributed by atoms with E-state index in [4.69, 9.17) is 23.4 Å². The molecule has 268 valence electrons. The normalized spacial score (nSPS) is 24.1. The molecular weight excluding hydrogens is 636 g/mol. The Morgan fingerprint density at radius 1 is 0.920 bits per heavy atom. The van der Waals surface area contributed by atoms with E-state index in [2.05, 4.69) is 24.3 Å². The third kappa shape index (κ3) is 7.40. The summed E-state index contributed by atoms with van der Waals surface area (Å²) in [4.78, 5) is 41.7. The van der Waals surface area contributed by atoms with Gasteiger partial charge in [-0.2, -0.15) is 0 Å². The number of aliphatic hydroxyl groups is 1. The first-order valence-electron chi connectivity index (χ1n) is 18.2. The molecule has 9 heteroatoms. The van der Waals surface area contributed by atoms with Crippen molar-refractivity contribution in [3.05, 3.63) is 86.3 Å². The fourth-order valence-corrected chi connectivity index (χ4v) is 8.09. The molecule has 0 spiro atoms. The van der Waals surface area contributed by atoms with Crippen molar-refractivity contribution in [3.8, 4) is 5.75 Å². The van der Waals surface area contributed by atoms with Crippen LogP contribution >= 0.6 is 0 Å². The average molecular weight is 687 g/mol. The molecule has 0 radical (unpaired) electrons. The van der Waals surface area contributed by atoms with Crippen molar-refractivity contribution >= 4 is 22.9 Å².